The van der Waals surface area contributed by atoms with Gasteiger partial charge in [-0.25, -0.2) is 0 Å². The van der Waals surface area contributed by atoms with Crippen molar-refractivity contribution in [3.8, 4) is 11.5 Å². The molecule has 0 bridgehead atoms. The van der Waals surface area contributed by atoms with Crippen LogP contribution in [0.2, 0.25) is 0 Å². The summed E-state index contributed by atoms with van der Waals surface area (Å²) in [5.41, 5.74) is 1.21. The number of halogens is 3. The van der Waals surface area contributed by atoms with E-state index >= 15 is 0 Å². The minimum absolute atomic E-state index is 0.0557. The molecule has 32 heavy (non-hydrogen) atoms. The Morgan fingerprint density at radius 2 is 1.94 bits per heavy atom. The van der Waals surface area contributed by atoms with Crippen molar-refractivity contribution in [2.24, 2.45) is 11.1 Å². The Morgan fingerprint density at radius 3 is 2.69 bits per heavy atom. The van der Waals surface area contributed by atoms with Gasteiger partial charge in [0.25, 0.3) is 0 Å². The van der Waals surface area contributed by atoms with E-state index in [9.17, 15) is 18.0 Å². The summed E-state index contributed by atoms with van der Waals surface area (Å²) in [6, 6.07) is 10.5. The normalized spacial score (nSPS) is 17.3. The van der Waals surface area contributed by atoms with Crippen molar-refractivity contribution in [2.75, 3.05) is 13.3 Å². The van der Waals surface area contributed by atoms with Crippen LogP contribution >= 0.6 is 0 Å². The van der Waals surface area contributed by atoms with Crippen molar-refractivity contribution in [1.29, 1.82) is 0 Å². The van der Waals surface area contributed by atoms with Crippen LogP contribution in [0.15, 0.2) is 47.6 Å². The fourth-order valence-electron chi connectivity index (χ4n) is 3.68. The van der Waals surface area contributed by atoms with Crippen molar-refractivity contribution < 1.29 is 32.3 Å². The molecule has 170 valence electrons. The topological polar surface area (TPSA) is 60.4 Å². The molecule has 1 unspecified atom stereocenters. The molecule has 0 radical (unpaired) electrons. The third-order valence-corrected chi connectivity index (χ3v) is 5.30. The summed E-state index contributed by atoms with van der Waals surface area (Å²) in [5, 5.41) is 4.16. The molecule has 4 rings (SSSR count). The van der Waals surface area contributed by atoms with Crippen LogP contribution in [0.3, 0.4) is 0 Å². The maximum absolute atomic E-state index is 13.1. The van der Waals surface area contributed by atoms with Gasteiger partial charge in [-0.15, -0.1) is 0 Å². The molecule has 2 heterocycles. The van der Waals surface area contributed by atoms with Crippen molar-refractivity contribution in [3.05, 3.63) is 59.2 Å². The number of hydrogen-bond donors (Lipinski definition) is 0. The Labute approximate surface area is 183 Å². The van der Waals surface area contributed by atoms with E-state index in [2.05, 4.69) is 5.16 Å². The number of benzene rings is 2. The number of hydrogen-bond acceptors (Lipinski definition) is 5. The highest BCUT2D eigenvalue weighted by atomic mass is 19.4. The van der Waals surface area contributed by atoms with Crippen LogP contribution in [-0.4, -0.2) is 36.0 Å². The number of alkyl halides is 3. The maximum Gasteiger partial charge on any atom is 0.416 e. The molecule has 0 fully saturated rings. The predicted molar refractivity (Wildman–Crippen MR) is 110 cm³/mol. The molecule has 6 nitrogen and oxygen atoms in total. The van der Waals surface area contributed by atoms with Gasteiger partial charge in [0.05, 0.1) is 17.8 Å². The quantitative estimate of drug-likeness (QED) is 0.648. The molecule has 0 saturated carbocycles. The van der Waals surface area contributed by atoms with Crippen molar-refractivity contribution in [1.82, 2.24) is 4.90 Å². The van der Waals surface area contributed by atoms with Gasteiger partial charge in [0.1, 0.15) is 0 Å². The standard InChI is InChI=1S/C23H23F3N2O4/c1-14(2)22(29)28(11-15-4-3-5-17(8-15)23(24,25)26)12-18-10-19(27-32-18)16-6-7-20-21(9-16)31-13-30-20/h3-9,14,18H,10-13H2,1-2H3. The van der Waals surface area contributed by atoms with Crippen molar-refractivity contribution >= 4 is 11.6 Å². The second-order valence-electron chi connectivity index (χ2n) is 8.11. The smallest absolute Gasteiger partial charge is 0.416 e. The highest BCUT2D eigenvalue weighted by molar-refractivity contribution is 6.01. The number of ether oxygens (including phenoxy) is 2. The van der Waals surface area contributed by atoms with Gasteiger partial charge in [-0.2, -0.15) is 13.2 Å². The van der Waals surface area contributed by atoms with Crippen LogP contribution in [0, 0.1) is 5.92 Å². The Kier molecular flexibility index (Phi) is 5.99. The lowest BCUT2D eigenvalue weighted by molar-refractivity contribution is -0.137. The molecule has 0 spiro atoms. The van der Waals surface area contributed by atoms with E-state index in [1.165, 1.54) is 11.0 Å². The van der Waals surface area contributed by atoms with Gasteiger partial charge in [0, 0.05) is 24.4 Å². The molecule has 1 atom stereocenters. The van der Waals surface area contributed by atoms with Gasteiger partial charge in [0.15, 0.2) is 17.6 Å². The molecule has 2 aliphatic heterocycles. The van der Waals surface area contributed by atoms with Crippen LogP contribution in [-0.2, 0) is 22.4 Å². The summed E-state index contributed by atoms with van der Waals surface area (Å²) >= 11 is 0. The minimum atomic E-state index is -4.44. The van der Waals surface area contributed by atoms with E-state index in [1.807, 2.05) is 12.1 Å². The molecule has 0 N–H and O–H groups in total. The average Bonchev–Trinajstić information content (AvgIpc) is 3.41. The van der Waals surface area contributed by atoms with E-state index in [4.69, 9.17) is 14.3 Å². The van der Waals surface area contributed by atoms with Gasteiger partial charge in [-0.05, 0) is 35.9 Å². The van der Waals surface area contributed by atoms with Gasteiger partial charge < -0.3 is 19.2 Å². The monoisotopic (exact) mass is 448 g/mol. The molecular formula is C23H23F3N2O4. The van der Waals surface area contributed by atoms with Crippen molar-refractivity contribution in [2.45, 2.75) is 39.1 Å². The van der Waals surface area contributed by atoms with E-state index < -0.39 is 17.8 Å². The Bertz CT molecular complexity index is 1040. The first-order valence-electron chi connectivity index (χ1n) is 10.3. The Balaban J connectivity index is 1.45. The first-order chi connectivity index (χ1) is 15.2. The fraction of sp³-hybridized carbons (Fsp3) is 0.391. The summed E-state index contributed by atoms with van der Waals surface area (Å²) in [4.78, 5) is 19.9. The Morgan fingerprint density at radius 1 is 1.16 bits per heavy atom. The number of nitrogens with zero attached hydrogens (tertiary/aromatic N) is 2. The highest BCUT2D eigenvalue weighted by Crippen LogP contribution is 2.34. The molecular weight excluding hydrogens is 425 g/mol. The zero-order chi connectivity index (χ0) is 22.9. The summed E-state index contributed by atoms with van der Waals surface area (Å²) in [5.74, 6) is 0.827. The van der Waals surface area contributed by atoms with Crippen LogP contribution in [0.5, 0.6) is 11.5 Å². The Hall–Kier alpha value is -3.23. The van der Waals surface area contributed by atoms with Gasteiger partial charge >= 0.3 is 6.18 Å². The molecule has 2 aromatic rings. The van der Waals surface area contributed by atoms with E-state index in [0.717, 1.165) is 17.7 Å². The first kappa shape index (κ1) is 22.0. The van der Waals surface area contributed by atoms with Crippen LogP contribution in [0.25, 0.3) is 0 Å². The molecule has 2 aromatic carbocycles. The lowest BCUT2D eigenvalue weighted by atomic mass is 10.0. The van der Waals surface area contributed by atoms with Gasteiger partial charge in [0.2, 0.25) is 12.7 Å². The van der Waals surface area contributed by atoms with E-state index in [-0.39, 0.29) is 31.7 Å². The molecule has 2 aliphatic rings. The molecule has 1 amide bonds. The zero-order valence-electron chi connectivity index (χ0n) is 17.7. The number of amides is 1. The van der Waals surface area contributed by atoms with Gasteiger partial charge in [-0.1, -0.05) is 31.1 Å². The molecule has 9 heteroatoms. The minimum Gasteiger partial charge on any atom is -0.454 e. The summed E-state index contributed by atoms with van der Waals surface area (Å²) in [6.07, 6.45) is -4.38. The second-order valence-corrected chi connectivity index (χ2v) is 8.11. The lowest BCUT2D eigenvalue weighted by Gasteiger charge is -2.27. The van der Waals surface area contributed by atoms with Crippen LogP contribution in [0.1, 0.15) is 37.0 Å². The molecule has 0 aliphatic carbocycles. The fourth-order valence-corrected chi connectivity index (χ4v) is 3.68. The summed E-state index contributed by atoms with van der Waals surface area (Å²) < 4.78 is 49.9. The third kappa shape index (κ3) is 4.81. The van der Waals surface area contributed by atoms with Gasteiger partial charge in [-0.3, -0.25) is 4.79 Å². The second kappa shape index (κ2) is 8.72. The highest BCUT2D eigenvalue weighted by Gasteiger charge is 2.32. The SMILES string of the molecule is CC(C)C(=O)N(Cc1cccc(C(F)(F)F)c1)CC1CC(c2ccc3c(c2)OCO3)=NO1. The lowest BCUT2D eigenvalue weighted by Crippen LogP contribution is -2.39. The van der Waals surface area contributed by atoms with Crippen molar-refractivity contribution in [3.63, 3.8) is 0 Å². The van der Waals surface area contributed by atoms with Crippen LogP contribution < -0.4 is 9.47 Å². The number of fused-ring (bicyclic) bond motifs is 1. The number of carbonyl (C=O) groups excluding carboxylic acids is 1. The molecule has 0 aromatic heterocycles. The zero-order valence-corrected chi connectivity index (χ0v) is 17.7. The maximum atomic E-state index is 13.1. The molecule has 0 saturated heterocycles. The van der Waals surface area contributed by atoms with E-state index in [1.54, 1.807) is 26.0 Å². The van der Waals surface area contributed by atoms with Crippen LogP contribution in [0.4, 0.5) is 13.2 Å². The largest absolute Gasteiger partial charge is 0.454 e. The first-order valence-corrected chi connectivity index (χ1v) is 10.3. The number of carbonyl (C=O) groups is 1. The number of rotatable bonds is 6. The predicted octanol–water partition coefficient (Wildman–Crippen LogP) is 4.61. The number of oxime groups is 1. The van der Waals surface area contributed by atoms with E-state index in [0.29, 0.717) is 29.2 Å². The summed E-state index contributed by atoms with van der Waals surface area (Å²) in [7, 11) is 0. The average molecular weight is 448 g/mol. The third-order valence-electron chi connectivity index (χ3n) is 5.30. The summed E-state index contributed by atoms with van der Waals surface area (Å²) in [6.45, 7) is 3.95.